The average molecular weight is 218 g/mol. The van der Waals surface area contributed by atoms with Crippen molar-refractivity contribution in [1.29, 1.82) is 0 Å². The molecule has 1 N–H and O–H groups in total. The summed E-state index contributed by atoms with van der Waals surface area (Å²) in [7, 11) is 0. The fourth-order valence-corrected chi connectivity index (χ4v) is 0.738. The predicted octanol–water partition coefficient (Wildman–Crippen LogP) is 1.59. The van der Waals surface area contributed by atoms with Crippen LogP contribution in [0.15, 0.2) is 18.5 Å². The summed E-state index contributed by atoms with van der Waals surface area (Å²) in [6, 6.07) is 0. The summed E-state index contributed by atoms with van der Waals surface area (Å²) in [5.41, 5.74) is 0.186. The molecule has 0 aliphatic carbocycles. The van der Waals surface area contributed by atoms with Crippen molar-refractivity contribution in [3.8, 4) is 0 Å². The van der Waals surface area contributed by atoms with Gasteiger partial charge in [-0.05, 0) is 6.08 Å². The van der Waals surface area contributed by atoms with Crippen LogP contribution in [0.1, 0.15) is 11.4 Å². The second-order valence-electron chi connectivity index (χ2n) is 2.51. The van der Waals surface area contributed by atoms with E-state index in [0.29, 0.717) is 0 Å². The molecule has 0 amide bonds. The van der Waals surface area contributed by atoms with Gasteiger partial charge in [-0.1, -0.05) is 0 Å². The summed E-state index contributed by atoms with van der Waals surface area (Å²) in [6.45, 7) is 0. The molecule has 1 rings (SSSR count). The van der Waals surface area contributed by atoms with E-state index in [1.54, 1.807) is 0 Å². The van der Waals surface area contributed by atoms with Crippen molar-refractivity contribution in [2.45, 2.75) is 6.18 Å². The van der Waals surface area contributed by atoms with Gasteiger partial charge in [0.2, 0.25) is 5.82 Å². The molecule has 80 valence electrons. The Labute approximate surface area is 82.1 Å². The molecule has 0 aliphatic rings. The van der Waals surface area contributed by atoms with Crippen molar-refractivity contribution >= 4 is 12.0 Å². The van der Waals surface area contributed by atoms with Gasteiger partial charge in [-0.15, -0.1) is 0 Å². The van der Waals surface area contributed by atoms with Crippen LogP contribution in [0.4, 0.5) is 13.2 Å². The molecule has 1 aromatic heterocycles. The summed E-state index contributed by atoms with van der Waals surface area (Å²) in [4.78, 5) is 16.2. The number of alkyl halides is 3. The number of nitrogens with zero attached hydrogens (tertiary/aromatic N) is 2. The lowest BCUT2D eigenvalue weighted by Gasteiger charge is -2.03. The van der Waals surface area contributed by atoms with Crippen molar-refractivity contribution < 1.29 is 23.1 Å². The third-order valence-electron chi connectivity index (χ3n) is 1.34. The second-order valence-corrected chi connectivity index (χ2v) is 2.51. The van der Waals surface area contributed by atoms with Crippen LogP contribution in [0, 0.1) is 0 Å². The number of halogens is 3. The number of hydrogen-bond acceptors (Lipinski definition) is 3. The van der Waals surface area contributed by atoms with Crippen LogP contribution in [-0.4, -0.2) is 21.0 Å². The molecule has 0 aromatic carbocycles. The number of rotatable bonds is 2. The molecule has 0 saturated carbocycles. The highest BCUT2D eigenvalue weighted by molar-refractivity contribution is 5.85. The van der Waals surface area contributed by atoms with E-state index in [1.165, 1.54) is 0 Å². The first-order valence-electron chi connectivity index (χ1n) is 3.70. The topological polar surface area (TPSA) is 63.1 Å². The van der Waals surface area contributed by atoms with Gasteiger partial charge in [-0.3, -0.25) is 0 Å². The SMILES string of the molecule is O=C(O)C=Cc1cnc(C(F)(F)F)nc1. The normalized spacial score (nSPS) is 11.9. The summed E-state index contributed by atoms with van der Waals surface area (Å²) in [5, 5.41) is 8.25. The highest BCUT2D eigenvalue weighted by Crippen LogP contribution is 2.25. The molecule has 0 fully saturated rings. The molecular formula is C8H5F3N2O2. The zero-order valence-corrected chi connectivity index (χ0v) is 7.19. The molecular weight excluding hydrogens is 213 g/mol. The molecule has 0 unspecified atom stereocenters. The largest absolute Gasteiger partial charge is 0.478 e. The van der Waals surface area contributed by atoms with Gasteiger partial charge in [0, 0.05) is 24.0 Å². The zero-order chi connectivity index (χ0) is 11.5. The van der Waals surface area contributed by atoms with Crippen LogP contribution in [-0.2, 0) is 11.0 Å². The molecule has 1 heterocycles. The Balaban J connectivity index is 2.86. The molecule has 0 atom stereocenters. The molecule has 4 nitrogen and oxygen atoms in total. The Morgan fingerprint density at radius 1 is 1.33 bits per heavy atom. The maximum absolute atomic E-state index is 12.0. The molecule has 15 heavy (non-hydrogen) atoms. The molecule has 0 spiro atoms. The molecule has 0 aliphatic heterocycles. The quantitative estimate of drug-likeness (QED) is 0.765. The highest BCUT2D eigenvalue weighted by Gasteiger charge is 2.34. The van der Waals surface area contributed by atoms with Crippen molar-refractivity contribution in [3.05, 3.63) is 29.9 Å². The van der Waals surface area contributed by atoms with E-state index in [2.05, 4.69) is 9.97 Å². The van der Waals surface area contributed by atoms with E-state index in [-0.39, 0.29) is 5.56 Å². The lowest BCUT2D eigenvalue weighted by atomic mass is 10.3. The number of aromatic nitrogens is 2. The minimum absolute atomic E-state index is 0.186. The maximum atomic E-state index is 12.0. The minimum Gasteiger partial charge on any atom is -0.478 e. The van der Waals surface area contributed by atoms with Crippen LogP contribution in [0.5, 0.6) is 0 Å². The van der Waals surface area contributed by atoms with Crippen LogP contribution < -0.4 is 0 Å². The van der Waals surface area contributed by atoms with E-state index in [0.717, 1.165) is 24.5 Å². The summed E-state index contributed by atoms with van der Waals surface area (Å²) < 4.78 is 36.0. The first kappa shape index (κ1) is 11.2. The lowest BCUT2D eigenvalue weighted by Crippen LogP contribution is -2.10. The van der Waals surface area contributed by atoms with Crippen LogP contribution in [0.3, 0.4) is 0 Å². The average Bonchev–Trinajstić information content (AvgIpc) is 2.14. The van der Waals surface area contributed by atoms with E-state index in [4.69, 9.17) is 5.11 Å². The number of carbonyl (C=O) groups is 1. The molecule has 7 heteroatoms. The summed E-state index contributed by atoms with van der Waals surface area (Å²) in [6.07, 6.45) is -0.909. The summed E-state index contributed by atoms with van der Waals surface area (Å²) in [5.74, 6) is -2.45. The maximum Gasteiger partial charge on any atom is 0.451 e. The van der Waals surface area contributed by atoms with E-state index < -0.39 is 18.0 Å². The third-order valence-corrected chi connectivity index (χ3v) is 1.34. The lowest BCUT2D eigenvalue weighted by molar-refractivity contribution is -0.145. The molecule has 0 bridgehead atoms. The standard InChI is InChI=1S/C8H5F3N2O2/c9-8(10,11)7-12-3-5(4-13-7)1-2-6(14)15/h1-4H,(H,14,15). The zero-order valence-electron chi connectivity index (χ0n) is 7.19. The van der Waals surface area contributed by atoms with Gasteiger partial charge in [-0.2, -0.15) is 13.2 Å². The smallest absolute Gasteiger partial charge is 0.451 e. The second kappa shape index (κ2) is 4.07. The first-order chi connectivity index (χ1) is 6.89. The van der Waals surface area contributed by atoms with Gasteiger partial charge in [0.1, 0.15) is 0 Å². The van der Waals surface area contributed by atoms with Crippen molar-refractivity contribution in [2.24, 2.45) is 0 Å². The van der Waals surface area contributed by atoms with E-state index in [1.807, 2.05) is 0 Å². The monoisotopic (exact) mass is 218 g/mol. The van der Waals surface area contributed by atoms with Gasteiger partial charge in [-0.25, -0.2) is 14.8 Å². The van der Waals surface area contributed by atoms with Crippen molar-refractivity contribution in [1.82, 2.24) is 9.97 Å². The fraction of sp³-hybridized carbons (Fsp3) is 0.125. The third kappa shape index (κ3) is 3.37. The Hall–Kier alpha value is -1.92. The highest BCUT2D eigenvalue weighted by atomic mass is 19.4. The minimum atomic E-state index is -4.59. The Morgan fingerprint density at radius 2 is 1.87 bits per heavy atom. The van der Waals surface area contributed by atoms with Gasteiger partial charge >= 0.3 is 12.1 Å². The summed E-state index contributed by atoms with van der Waals surface area (Å²) >= 11 is 0. The Bertz CT molecular complexity index is 384. The van der Waals surface area contributed by atoms with Crippen molar-refractivity contribution in [2.75, 3.05) is 0 Å². The van der Waals surface area contributed by atoms with Crippen LogP contribution in [0.2, 0.25) is 0 Å². The van der Waals surface area contributed by atoms with Crippen LogP contribution >= 0.6 is 0 Å². The van der Waals surface area contributed by atoms with Gasteiger partial charge in [0.25, 0.3) is 0 Å². The molecule has 0 saturated heterocycles. The number of carboxylic acids is 1. The van der Waals surface area contributed by atoms with Gasteiger partial charge in [0.15, 0.2) is 0 Å². The van der Waals surface area contributed by atoms with Gasteiger partial charge < -0.3 is 5.11 Å². The predicted molar refractivity (Wildman–Crippen MR) is 43.7 cm³/mol. The van der Waals surface area contributed by atoms with E-state index >= 15 is 0 Å². The molecule has 1 aromatic rings. The Kier molecular flexibility index (Phi) is 3.03. The van der Waals surface area contributed by atoms with Crippen molar-refractivity contribution in [3.63, 3.8) is 0 Å². The first-order valence-corrected chi connectivity index (χ1v) is 3.70. The number of carboxylic acid groups (broad SMARTS) is 1. The number of aliphatic carboxylic acids is 1. The number of hydrogen-bond donors (Lipinski definition) is 1. The van der Waals surface area contributed by atoms with Gasteiger partial charge in [0.05, 0.1) is 0 Å². The van der Waals surface area contributed by atoms with E-state index in [9.17, 15) is 18.0 Å². The fourth-order valence-electron chi connectivity index (χ4n) is 0.738. The van der Waals surface area contributed by atoms with Crippen LogP contribution in [0.25, 0.3) is 6.08 Å². The Morgan fingerprint density at radius 3 is 2.27 bits per heavy atom. The molecule has 0 radical (unpaired) electrons.